The zero-order valence-corrected chi connectivity index (χ0v) is 21.4. The number of benzene rings is 3. The Kier molecular flexibility index (Phi) is 7.52. The number of rotatable bonds is 8. The van der Waals surface area contributed by atoms with Gasteiger partial charge in [0.05, 0.1) is 37.0 Å². The van der Waals surface area contributed by atoms with Crippen molar-refractivity contribution in [1.82, 2.24) is 9.55 Å². The zero-order chi connectivity index (χ0) is 25.8. The summed E-state index contributed by atoms with van der Waals surface area (Å²) in [6.07, 6.45) is 5.37. The molecule has 0 saturated heterocycles. The van der Waals surface area contributed by atoms with Crippen LogP contribution in [0.5, 0.6) is 17.2 Å². The van der Waals surface area contributed by atoms with Crippen molar-refractivity contribution in [3.8, 4) is 40.8 Å². The summed E-state index contributed by atoms with van der Waals surface area (Å²) in [7, 11) is 3.07. The van der Waals surface area contributed by atoms with Crippen LogP contribution in [0.2, 0.25) is 5.02 Å². The number of ether oxygens (including phenoxy) is 3. The molecule has 0 spiro atoms. The van der Waals surface area contributed by atoms with E-state index in [0.29, 0.717) is 39.4 Å². The standard InChI is InChI=1S/C29H27ClN2O4/c1-6-13-36-22-11-12-25-23(16-22)27(21-9-7-20(8-10-21)18(2)3)31-29(33)32(25)17-19-14-24(30)28(35-5)26(15-19)34-4/h1,7-12,14-16,18H,13,17H2,2-5H3. The molecule has 36 heavy (non-hydrogen) atoms. The van der Waals surface area contributed by atoms with Gasteiger partial charge >= 0.3 is 5.69 Å². The van der Waals surface area contributed by atoms with Gasteiger partial charge in [-0.15, -0.1) is 6.42 Å². The number of nitrogens with zero attached hydrogens (tertiary/aromatic N) is 2. The molecule has 1 heterocycles. The van der Waals surface area contributed by atoms with Crippen molar-refractivity contribution in [2.24, 2.45) is 0 Å². The van der Waals surface area contributed by atoms with Crippen LogP contribution in [0.4, 0.5) is 0 Å². The van der Waals surface area contributed by atoms with Crippen molar-refractivity contribution in [3.05, 3.63) is 81.2 Å². The van der Waals surface area contributed by atoms with Crippen molar-refractivity contribution in [3.63, 3.8) is 0 Å². The van der Waals surface area contributed by atoms with Crippen molar-refractivity contribution in [2.75, 3.05) is 20.8 Å². The van der Waals surface area contributed by atoms with E-state index < -0.39 is 0 Å². The molecule has 0 radical (unpaired) electrons. The van der Waals surface area contributed by atoms with Gasteiger partial charge in [-0.25, -0.2) is 4.79 Å². The second-order valence-electron chi connectivity index (χ2n) is 8.59. The van der Waals surface area contributed by atoms with Crippen LogP contribution in [0.1, 0.15) is 30.9 Å². The Hall–Kier alpha value is -3.95. The highest BCUT2D eigenvalue weighted by Crippen LogP contribution is 2.36. The van der Waals surface area contributed by atoms with Gasteiger partial charge in [0.25, 0.3) is 0 Å². The molecule has 0 atom stereocenters. The number of hydrogen-bond donors (Lipinski definition) is 0. The summed E-state index contributed by atoms with van der Waals surface area (Å²) in [5, 5.41) is 1.16. The highest BCUT2D eigenvalue weighted by atomic mass is 35.5. The molecule has 3 aromatic carbocycles. The lowest BCUT2D eigenvalue weighted by molar-refractivity contribution is 0.354. The van der Waals surface area contributed by atoms with Crippen molar-refractivity contribution in [2.45, 2.75) is 26.3 Å². The summed E-state index contributed by atoms with van der Waals surface area (Å²) in [4.78, 5) is 17.8. The smallest absolute Gasteiger partial charge is 0.348 e. The lowest BCUT2D eigenvalue weighted by Crippen LogP contribution is -2.24. The molecule has 6 nitrogen and oxygen atoms in total. The Labute approximate surface area is 215 Å². The topological polar surface area (TPSA) is 62.6 Å². The van der Waals surface area contributed by atoms with Crippen LogP contribution in [-0.4, -0.2) is 30.4 Å². The molecule has 0 fully saturated rings. The first-order valence-electron chi connectivity index (χ1n) is 11.5. The summed E-state index contributed by atoms with van der Waals surface area (Å²) >= 11 is 6.41. The highest BCUT2D eigenvalue weighted by Gasteiger charge is 2.16. The van der Waals surface area contributed by atoms with E-state index in [1.807, 2.05) is 24.3 Å². The fourth-order valence-corrected chi connectivity index (χ4v) is 4.43. The minimum Gasteiger partial charge on any atom is -0.493 e. The predicted molar refractivity (Wildman–Crippen MR) is 144 cm³/mol. The maximum Gasteiger partial charge on any atom is 0.348 e. The lowest BCUT2D eigenvalue weighted by atomic mass is 9.99. The van der Waals surface area contributed by atoms with Gasteiger partial charge in [0.15, 0.2) is 11.5 Å². The normalized spacial score (nSPS) is 10.9. The molecule has 0 aliphatic carbocycles. The molecule has 0 bridgehead atoms. The van der Waals surface area contributed by atoms with Crippen LogP contribution in [0.3, 0.4) is 0 Å². The summed E-state index contributed by atoms with van der Waals surface area (Å²) in [6, 6.07) is 17.2. The minimum absolute atomic E-state index is 0.140. The number of methoxy groups -OCH3 is 2. The predicted octanol–water partition coefficient (Wildman–Crippen LogP) is 5.92. The fourth-order valence-electron chi connectivity index (χ4n) is 4.12. The summed E-state index contributed by atoms with van der Waals surface area (Å²) in [5.41, 5.74) is 3.73. The van der Waals surface area contributed by atoms with E-state index in [4.69, 9.17) is 32.2 Å². The molecule has 184 valence electrons. The quantitative estimate of drug-likeness (QED) is 0.280. The number of aromatic nitrogens is 2. The van der Waals surface area contributed by atoms with Gasteiger partial charge in [0, 0.05) is 10.9 Å². The minimum atomic E-state index is -0.381. The summed E-state index contributed by atoms with van der Waals surface area (Å²) < 4.78 is 18.0. The molecule has 0 saturated carbocycles. The lowest BCUT2D eigenvalue weighted by Gasteiger charge is -2.16. The molecule has 0 unspecified atom stereocenters. The molecular weight excluding hydrogens is 476 g/mol. The second kappa shape index (κ2) is 10.8. The fraction of sp³-hybridized carbons (Fsp3) is 0.241. The van der Waals surface area contributed by atoms with Crippen molar-refractivity contribution in [1.29, 1.82) is 0 Å². The van der Waals surface area contributed by atoms with E-state index in [1.54, 1.807) is 22.8 Å². The van der Waals surface area contributed by atoms with Crippen molar-refractivity contribution < 1.29 is 14.2 Å². The first-order chi connectivity index (χ1) is 17.4. The van der Waals surface area contributed by atoms with Crippen LogP contribution in [-0.2, 0) is 6.54 Å². The average molecular weight is 503 g/mol. The Morgan fingerprint density at radius 1 is 1.06 bits per heavy atom. The van der Waals surface area contributed by atoms with Gasteiger partial charge in [-0.2, -0.15) is 4.98 Å². The van der Waals surface area contributed by atoms with Gasteiger partial charge in [-0.1, -0.05) is 55.6 Å². The van der Waals surface area contributed by atoms with Gasteiger partial charge < -0.3 is 14.2 Å². The van der Waals surface area contributed by atoms with E-state index in [1.165, 1.54) is 19.8 Å². The summed E-state index contributed by atoms with van der Waals surface area (Å²) in [5.74, 6) is 4.40. The maximum atomic E-state index is 13.3. The number of fused-ring (bicyclic) bond motifs is 1. The molecular formula is C29H27ClN2O4. The Balaban J connectivity index is 1.88. The van der Waals surface area contributed by atoms with E-state index in [-0.39, 0.29) is 18.8 Å². The first-order valence-corrected chi connectivity index (χ1v) is 11.9. The summed E-state index contributed by atoms with van der Waals surface area (Å²) in [6.45, 7) is 4.65. The van der Waals surface area contributed by atoms with Crippen LogP contribution >= 0.6 is 11.6 Å². The van der Waals surface area contributed by atoms with Gasteiger partial charge in [0.1, 0.15) is 12.4 Å². The van der Waals surface area contributed by atoms with E-state index >= 15 is 0 Å². The Morgan fingerprint density at radius 3 is 2.44 bits per heavy atom. The van der Waals surface area contributed by atoms with Gasteiger partial charge in [0.2, 0.25) is 0 Å². The van der Waals surface area contributed by atoms with E-state index in [0.717, 1.165) is 16.5 Å². The second-order valence-corrected chi connectivity index (χ2v) is 9.00. The molecule has 1 aromatic heterocycles. The van der Waals surface area contributed by atoms with E-state index in [9.17, 15) is 4.79 Å². The average Bonchev–Trinajstić information content (AvgIpc) is 2.88. The highest BCUT2D eigenvalue weighted by molar-refractivity contribution is 6.32. The van der Waals surface area contributed by atoms with Crippen LogP contribution < -0.4 is 19.9 Å². The third-order valence-electron chi connectivity index (χ3n) is 5.96. The third-order valence-corrected chi connectivity index (χ3v) is 6.24. The number of halogens is 1. The largest absolute Gasteiger partial charge is 0.493 e. The van der Waals surface area contributed by atoms with Crippen LogP contribution in [0.15, 0.2) is 59.4 Å². The SMILES string of the molecule is C#CCOc1ccc2c(c1)c(-c1ccc(C(C)C)cc1)nc(=O)n2Cc1cc(Cl)c(OC)c(OC)c1. The Morgan fingerprint density at radius 2 is 1.81 bits per heavy atom. The molecule has 0 aliphatic rings. The number of hydrogen-bond acceptors (Lipinski definition) is 5. The third kappa shape index (κ3) is 5.02. The number of terminal acetylenes is 1. The molecule has 0 aliphatic heterocycles. The van der Waals surface area contributed by atoms with Crippen LogP contribution in [0, 0.1) is 12.3 Å². The van der Waals surface area contributed by atoms with Gasteiger partial charge in [-0.05, 0) is 47.4 Å². The zero-order valence-electron chi connectivity index (χ0n) is 20.7. The Bertz CT molecular complexity index is 1500. The van der Waals surface area contributed by atoms with Crippen molar-refractivity contribution >= 4 is 22.5 Å². The molecule has 4 aromatic rings. The molecule has 0 amide bonds. The molecule has 7 heteroatoms. The van der Waals surface area contributed by atoms with E-state index in [2.05, 4.69) is 36.9 Å². The monoisotopic (exact) mass is 502 g/mol. The van der Waals surface area contributed by atoms with Gasteiger partial charge in [-0.3, -0.25) is 4.57 Å². The first kappa shape index (κ1) is 25.2. The maximum absolute atomic E-state index is 13.3. The molecule has 4 rings (SSSR count). The molecule has 0 N–H and O–H groups in total. The van der Waals surface area contributed by atoms with Crippen LogP contribution in [0.25, 0.3) is 22.2 Å².